The van der Waals surface area contributed by atoms with Gasteiger partial charge in [0.25, 0.3) is 0 Å². The average molecular weight is 319 g/mol. The molecular formula is C14H12BrFMgO. The van der Waals surface area contributed by atoms with Crippen molar-refractivity contribution in [3.05, 3.63) is 65.5 Å². The molecule has 0 heterocycles. The molecule has 0 atom stereocenters. The Morgan fingerprint density at radius 2 is 2.00 bits per heavy atom. The summed E-state index contributed by atoms with van der Waals surface area (Å²) in [5.74, 6) is 0.541. The van der Waals surface area contributed by atoms with Gasteiger partial charge in [-0.3, -0.25) is 0 Å². The standard InChI is InChI=1S/C14H12FO.BrH.Mg/c1-11-4-2-7-14(8-11)16-10-12-5-3-6-13(15)9-12;;/h2-3,5-9H,10H2,1H3;1H;/q-1;;+2/p-1. The molecule has 90 valence electrons. The first-order valence-corrected chi connectivity index (χ1v) is 5.09. The zero-order valence-electron chi connectivity index (χ0n) is 10.1. The molecule has 2 aromatic carbocycles. The summed E-state index contributed by atoms with van der Waals surface area (Å²) < 4.78 is 18.4. The van der Waals surface area contributed by atoms with Gasteiger partial charge in [-0.05, 0) is 17.7 Å². The van der Waals surface area contributed by atoms with Crippen LogP contribution in [0.5, 0.6) is 5.75 Å². The van der Waals surface area contributed by atoms with Crippen molar-refractivity contribution >= 4 is 23.1 Å². The zero-order valence-corrected chi connectivity index (χ0v) is 13.1. The van der Waals surface area contributed by atoms with Gasteiger partial charge in [-0.2, -0.15) is 17.7 Å². The van der Waals surface area contributed by atoms with Crippen molar-refractivity contribution in [3.63, 3.8) is 0 Å². The summed E-state index contributed by atoms with van der Waals surface area (Å²) in [5.41, 5.74) is 1.85. The maximum atomic E-state index is 12.9. The molecule has 0 saturated carbocycles. The van der Waals surface area contributed by atoms with E-state index >= 15 is 0 Å². The molecule has 0 aliphatic heterocycles. The number of ether oxygens (including phenoxy) is 1. The first kappa shape index (κ1) is 17.4. The second kappa shape index (κ2) is 8.51. The van der Waals surface area contributed by atoms with Crippen LogP contribution in [0.1, 0.15) is 11.1 Å². The van der Waals surface area contributed by atoms with E-state index in [0.717, 1.165) is 16.9 Å². The maximum Gasteiger partial charge on any atom is 2.00 e. The fourth-order valence-corrected chi connectivity index (χ4v) is 1.44. The van der Waals surface area contributed by atoms with Gasteiger partial charge in [-0.15, -0.1) is 12.1 Å². The van der Waals surface area contributed by atoms with Crippen molar-refractivity contribution in [1.82, 2.24) is 0 Å². The summed E-state index contributed by atoms with van der Waals surface area (Å²) >= 11 is 0. The predicted octanol–water partition coefficient (Wildman–Crippen LogP) is 0.137. The summed E-state index contributed by atoms with van der Waals surface area (Å²) in [6, 6.07) is 15.0. The van der Waals surface area contributed by atoms with Crippen LogP contribution in [0.25, 0.3) is 0 Å². The van der Waals surface area contributed by atoms with Crippen molar-refractivity contribution in [1.29, 1.82) is 0 Å². The van der Waals surface area contributed by atoms with E-state index in [1.54, 1.807) is 6.07 Å². The minimum absolute atomic E-state index is 0. The second-order valence-electron chi connectivity index (χ2n) is 3.63. The van der Waals surface area contributed by atoms with E-state index in [1.807, 2.05) is 31.2 Å². The Kier molecular flexibility index (Phi) is 8.23. The number of hydrogen-bond acceptors (Lipinski definition) is 1. The SMILES string of the molecule is Cc1[c-]ccc(OCc2cccc(F)c2)c1.[Br-].[Mg+2]. The van der Waals surface area contributed by atoms with Crippen molar-refractivity contribution in [2.75, 3.05) is 0 Å². The molecule has 0 bridgehead atoms. The van der Waals surface area contributed by atoms with Crippen LogP contribution in [-0.4, -0.2) is 23.1 Å². The van der Waals surface area contributed by atoms with Gasteiger partial charge >= 0.3 is 23.1 Å². The third-order valence-electron chi connectivity index (χ3n) is 2.21. The molecule has 2 rings (SSSR count). The van der Waals surface area contributed by atoms with Crippen LogP contribution in [-0.2, 0) is 6.61 Å². The van der Waals surface area contributed by atoms with Gasteiger partial charge in [0.05, 0.1) is 0 Å². The molecule has 0 saturated heterocycles. The Hall–Kier alpha value is -0.584. The molecule has 0 aliphatic rings. The van der Waals surface area contributed by atoms with Gasteiger partial charge in [-0.1, -0.05) is 19.1 Å². The normalized spacial score (nSPS) is 9.00. The monoisotopic (exact) mass is 318 g/mol. The van der Waals surface area contributed by atoms with E-state index in [0.29, 0.717) is 6.61 Å². The molecule has 2 aromatic rings. The van der Waals surface area contributed by atoms with E-state index in [-0.39, 0.29) is 45.9 Å². The van der Waals surface area contributed by atoms with Crippen LogP contribution in [0.4, 0.5) is 4.39 Å². The van der Waals surface area contributed by atoms with Gasteiger partial charge in [-0.25, -0.2) is 4.39 Å². The molecule has 0 aromatic heterocycles. The number of hydrogen-bond donors (Lipinski definition) is 0. The number of rotatable bonds is 3. The van der Waals surface area contributed by atoms with Crippen molar-refractivity contribution in [2.45, 2.75) is 13.5 Å². The van der Waals surface area contributed by atoms with E-state index in [2.05, 4.69) is 6.07 Å². The first-order chi connectivity index (χ1) is 7.74. The minimum Gasteiger partial charge on any atom is -1.00 e. The zero-order chi connectivity index (χ0) is 11.4. The Labute approximate surface area is 133 Å². The second-order valence-corrected chi connectivity index (χ2v) is 3.63. The average Bonchev–Trinajstić information content (AvgIpc) is 2.27. The van der Waals surface area contributed by atoms with E-state index in [4.69, 9.17) is 4.74 Å². The van der Waals surface area contributed by atoms with Crippen LogP contribution in [0.15, 0.2) is 42.5 Å². The number of aryl methyl sites for hydroxylation is 1. The molecule has 18 heavy (non-hydrogen) atoms. The van der Waals surface area contributed by atoms with E-state index < -0.39 is 0 Å². The quantitative estimate of drug-likeness (QED) is 0.578. The van der Waals surface area contributed by atoms with Gasteiger partial charge in [0.15, 0.2) is 0 Å². The van der Waals surface area contributed by atoms with Crippen LogP contribution < -0.4 is 21.7 Å². The van der Waals surface area contributed by atoms with Crippen LogP contribution in [0, 0.1) is 18.8 Å². The molecule has 0 amide bonds. The van der Waals surface area contributed by atoms with Crippen molar-refractivity contribution in [2.24, 2.45) is 0 Å². The number of halogens is 2. The van der Waals surface area contributed by atoms with Gasteiger partial charge < -0.3 is 21.7 Å². The molecule has 0 fully saturated rings. The molecule has 1 nitrogen and oxygen atoms in total. The summed E-state index contributed by atoms with van der Waals surface area (Å²) in [4.78, 5) is 0. The van der Waals surface area contributed by atoms with Crippen LogP contribution in [0.2, 0.25) is 0 Å². The maximum absolute atomic E-state index is 12.9. The van der Waals surface area contributed by atoms with E-state index in [1.165, 1.54) is 12.1 Å². The van der Waals surface area contributed by atoms with E-state index in [9.17, 15) is 4.39 Å². The van der Waals surface area contributed by atoms with Crippen molar-refractivity contribution in [3.8, 4) is 5.75 Å². The smallest absolute Gasteiger partial charge is 1.00 e. The summed E-state index contributed by atoms with van der Waals surface area (Å²) in [6.45, 7) is 2.33. The third kappa shape index (κ3) is 5.37. The summed E-state index contributed by atoms with van der Waals surface area (Å²) in [6.07, 6.45) is 0. The summed E-state index contributed by atoms with van der Waals surface area (Å²) in [5, 5.41) is 0. The Bertz CT molecular complexity index is 445. The summed E-state index contributed by atoms with van der Waals surface area (Å²) in [7, 11) is 0. The molecule has 0 N–H and O–H groups in total. The molecule has 0 unspecified atom stereocenters. The van der Waals surface area contributed by atoms with Gasteiger partial charge in [0, 0.05) is 5.75 Å². The van der Waals surface area contributed by atoms with Crippen LogP contribution in [0.3, 0.4) is 0 Å². The fraction of sp³-hybridized carbons (Fsp3) is 0.143. The molecule has 4 heteroatoms. The van der Waals surface area contributed by atoms with Crippen molar-refractivity contribution < 1.29 is 26.1 Å². The predicted molar refractivity (Wildman–Crippen MR) is 66.5 cm³/mol. The fourth-order valence-electron chi connectivity index (χ4n) is 1.44. The number of benzene rings is 2. The molecule has 0 aliphatic carbocycles. The van der Waals surface area contributed by atoms with Gasteiger partial charge in [0.1, 0.15) is 12.4 Å². The first-order valence-electron chi connectivity index (χ1n) is 5.09. The molecular weight excluding hydrogens is 307 g/mol. The Morgan fingerprint density at radius 3 is 2.67 bits per heavy atom. The van der Waals surface area contributed by atoms with Crippen LogP contribution >= 0.6 is 0 Å². The largest absolute Gasteiger partial charge is 2.00 e. The van der Waals surface area contributed by atoms with Gasteiger partial charge in [0.2, 0.25) is 0 Å². The minimum atomic E-state index is -0.237. The molecule has 0 spiro atoms. The topological polar surface area (TPSA) is 9.23 Å². The Morgan fingerprint density at radius 1 is 1.22 bits per heavy atom. The third-order valence-corrected chi connectivity index (χ3v) is 2.21. The Balaban J connectivity index is 0.00000144. The molecule has 0 radical (unpaired) electrons.